The normalized spacial score (nSPS) is 29.5. The molecule has 0 radical (unpaired) electrons. The van der Waals surface area contributed by atoms with Gasteiger partial charge in [0.05, 0.1) is 19.1 Å². The quantitative estimate of drug-likeness (QED) is 0.714. The number of nitrogens with zero attached hydrogens (tertiary/aromatic N) is 2. The highest BCUT2D eigenvalue weighted by atomic mass is 16.5. The zero-order valence-electron chi connectivity index (χ0n) is 9.96. The largest absolute Gasteiger partial charge is 0.481 e. The maximum atomic E-state index is 12.2. The molecule has 2 amide bonds. The molecule has 0 aromatic rings. The predicted octanol–water partition coefficient (Wildman–Crippen LogP) is 0.234. The number of aliphatic carboxylic acids is 1. The van der Waals surface area contributed by atoms with E-state index in [1.807, 2.05) is 6.92 Å². The fourth-order valence-electron chi connectivity index (χ4n) is 2.48. The lowest BCUT2D eigenvalue weighted by molar-refractivity contribution is -0.142. The van der Waals surface area contributed by atoms with E-state index in [-0.39, 0.29) is 12.1 Å². The van der Waals surface area contributed by atoms with Crippen molar-refractivity contribution in [3.8, 4) is 0 Å². The molecular formula is C11H18N2O4. The number of urea groups is 1. The van der Waals surface area contributed by atoms with Gasteiger partial charge in [0.2, 0.25) is 0 Å². The molecule has 1 N–H and O–H groups in total. The Morgan fingerprint density at radius 1 is 1.24 bits per heavy atom. The van der Waals surface area contributed by atoms with Gasteiger partial charge in [-0.1, -0.05) is 0 Å². The first-order valence-corrected chi connectivity index (χ1v) is 5.97. The summed E-state index contributed by atoms with van der Waals surface area (Å²) in [6.07, 6.45) is 0.548. The van der Waals surface area contributed by atoms with Crippen LogP contribution >= 0.6 is 0 Å². The molecule has 0 aliphatic carbocycles. The minimum absolute atomic E-state index is 0.0513. The van der Waals surface area contributed by atoms with Crippen LogP contribution in [0.15, 0.2) is 0 Å². The first-order valence-electron chi connectivity index (χ1n) is 5.97. The molecule has 2 atom stereocenters. The zero-order chi connectivity index (χ0) is 12.4. The summed E-state index contributed by atoms with van der Waals surface area (Å²) in [5.74, 6) is -1.24. The highest BCUT2D eigenvalue weighted by Gasteiger charge is 2.39. The molecule has 17 heavy (non-hydrogen) atoms. The molecular weight excluding hydrogens is 224 g/mol. The van der Waals surface area contributed by atoms with Crippen LogP contribution in [0.1, 0.15) is 13.3 Å². The van der Waals surface area contributed by atoms with Crippen molar-refractivity contribution in [1.29, 1.82) is 0 Å². The average Bonchev–Trinajstić information content (AvgIpc) is 2.71. The number of likely N-dealkylation sites (tertiary alicyclic amines) is 1. The second-order valence-corrected chi connectivity index (χ2v) is 4.55. The SMILES string of the molecule is CC1C(C(=O)O)CCN1C(=O)N1CCOCC1. The number of carboxylic acids is 1. The van der Waals surface area contributed by atoms with Crippen LogP contribution in [-0.4, -0.2) is 65.8 Å². The summed E-state index contributed by atoms with van der Waals surface area (Å²) >= 11 is 0. The molecule has 96 valence electrons. The van der Waals surface area contributed by atoms with E-state index in [0.29, 0.717) is 39.3 Å². The Hall–Kier alpha value is -1.30. The summed E-state index contributed by atoms with van der Waals surface area (Å²) < 4.78 is 5.19. The van der Waals surface area contributed by atoms with Crippen molar-refractivity contribution >= 4 is 12.0 Å². The number of carboxylic acid groups (broad SMARTS) is 1. The Morgan fingerprint density at radius 3 is 2.41 bits per heavy atom. The standard InChI is InChI=1S/C11H18N2O4/c1-8-9(10(14)15)2-3-13(8)11(16)12-4-6-17-7-5-12/h8-9H,2-7H2,1H3,(H,14,15). The summed E-state index contributed by atoms with van der Waals surface area (Å²) in [6.45, 7) is 4.67. The predicted molar refractivity (Wildman–Crippen MR) is 59.7 cm³/mol. The zero-order valence-corrected chi connectivity index (χ0v) is 9.96. The van der Waals surface area contributed by atoms with E-state index in [1.165, 1.54) is 0 Å². The van der Waals surface area contributed by atoms with Crippen LogP contribution in [0, 0.1) is 5.92 Å². The molecule has 0 aromatic carbocycles. The Bertz CT molecular complexity index is 315. The number of ether oxygens (including phenoxy) is 1. The summed E-state index contributed by atoms with van der Waals surface area (Å²) in [5.41, 5.74) is 0. The van der Waals surface area contributed by atoms with E-state index < -0.39 is 11.9 Å². The van der Waals surface area contributed by atoms with Crippen LogP contribution in [0.5, 0.6) is 0 Å². The molecule has 2 heterocycles. The Morgan fingerprint density at radius 2 is 1.88 bits per heavy atom. The molecule has 0 spiro atoms. The molecule has 0 saturated carbocycles. The van der Waals surface area contributed by atoms with E-state index in [1.54, 1.807) is 9.80 Å². The van der Waals surface area contributed by atoms with Crippen LogP contribution in [-0.2, 0) is 9.53 Å². The molecule has 6 nitrogen and oxygen atoms in total. The third-order valence-electron chi connectivity index (χ3n) is 3.60. The maximum Gasteiger partial charge on any atom is 0.320 e. The summed E-state index contributed by atoms with van der Waals surface area (Å²) in [6, 6.07) is -0.271. The van der Waals surface area contributed by atoms with Gasteiger partial charge in [-0.3, -0.25) is 4.79 Å². The molecule has 2 rings (SSSR count). The number of hydrogen-bond acceptors (Lipinski definition) is 3. The fraction of sp³-hybridized carbons (Fsp3) is 0.818. The van der Waals surface area contributed by atoms with Gasteiger partial charge in [0.15, 0.2) is 0 Å². The summed E-state index contributed by atoms with van der Waals surface area (Å²) in [4.78, 5) is 26.6. The van der Waals surface area contributed by atoms with E-state index in [4.69, 9.17) is 9.84 Å². The minimum Gasteiger partial charge on any atom is -0.481 e. The van der Waals surface area contributed by atoms with Crippen molar-refractivity contribution in [2.24, 2.45) is 5.92 Å². The van der Waals surface area contributed by atoms with Crippen molar-refractivity contribution in [3.05, 3.63) is 0 Å². The van der Waals surface area contributed by atoms with Crippen LogP contribution in [0.25, 0.3) is 0 Å². The lowest BCUT2D eigenvalue weighted by Gasteiger charge is -2.33. The third kappa shape index (κ3) is 2.36. The molecule has 0 bridgehead atoms. The van der Waals surface area contributed by atoms with E-state index in [0.717, 1.165) is 0 Å². The first kappa shape index (κ1) is 12.2. The van der Waals surface area contributed by atoms with Gasteiger partial charge in [0.25, 0.3) is 0 Å². The summed E-state index contributed by atoms with van der Waals surface area (Å²) in [7, 11) is 0. The van der Waals surface area contributed by atoms with Gasteiger partial charge in [-0.15, -0.1) is 0 Å². The molecule has 6 heteroatoms. The number of hydrogen-bond donors (Lipinski definition) is 1. The average molecular weight is 242 g/mol. The van der Waals surface area contributed by atoms with Gasteiger partial charge in [0.1, 0.15) is 0 Å². The molecule has 2 unspecified atom stereocenters. The Balaban J connectivity index is 1.98. The topological polar surface area (TPSA) is 70.1 Å². The fourth-order valence-corrected chi connectivity index (χ4v) is 2.48. The van der Waals surface area contributed by atoms with Gasteiger partial charge in [0, 0.05) is 25.7 Å². The highest BCUT2D eigenvalue weighted by molar-refractivity contribution is 5.78. The van der Waals surface area contributed by atoms with E-state index in [2.05, 4.69) is 0 Å². The minimum atomic E-state index is -0.810. The van der Waals surface area contributed by atoms with Crippen LogP contribution in [0.2, 0.25) is 0 Å². The Labute approximate surface area is 100 Å². The second-order valence-electron chi connectivity index (χ2n) is 4.55. The van der Waals surface area contributed by atoms with Crippen LogP contribution in [0.3, 0.4) is 0 Å². The maximum absolute atomic E-state index is 12.2. The highest BCUT2D eigenvalue weighted by Crippen LogP contribution is 2.25. The Kier molecular flexibility index (Phi) is 3.51. The number of amides is 2. The lowest BCUT2D eigenvalue weighted by atomic mass is 10.0. The van der Waals surface area contributed by atoms with Gasteiger partial charge in [-0.05, 0) is 13.3 Å². The van der Waals surface area contributed by atoms with Crippen molar-refractivity contribution < 1.29 is 19.4 Å². The van der Waals surface area contributed by atoms with Crippen LogP contribution in [0.4, 0.5) is 4.79 Å². The number of carbonyl (C=O) groups excluding carboxylic acids is 1. The second kappa shape index (κ2) is 4.91. The van der Waals surface area contributed by atoms with Gasteiger partial charge in [-0.2, -0.15) is 0 Å². The monoisotopic (exact) mass is 242 g/mol. The molecule has 2 aliphatic heterocycles. The van der Waals surface area contributed by atoms with Crippen molar-refractivity contribution in [1.82, 2.24) is 9.80 Å². The van der Waals surface area contributed by atoms with Crippen molar-refractivity contribution in [3.63, 3.8) is 0 Å². The van der Waals surface area contributed by atoms with E-state index >= 15 is 0 Å². The van der Waals surface area contributed by atoms with Gasteiger partial charge < -0.3 is 19.6 Å². The van der Waals surface area contributed by atoms with Crippen LogP contribution < -0.4 is 0 Å². The lowest BCUT2D eigenvalue weighted by Crippen LogP contribution is -2.50. The molecule has 2 fully saturated rings. The smallest absolute Gasteiger partial charge is 0.320 e. The molecule has 2 aliphatic rings. The molecule has 2 saturated heterocycles. The van der Waals surface area contributed by atoms with Gasteiger partial charge >= 0.3 is 12.0 Å². The molecule has 0 aromatic heterocycles. The third-order valence-corrected chi connectivity index (χ3v) is 3.60. The number of morpholine rings is 1. The van der Waals surface area contributed by atoms with E-state index in [9.17, 15) is 9.59 Å². The number of rotatable bonds is 1. The van der Waals surface area contributed by atoms with Crippen molar-refractivity contribution in [2.45, 2.75) is 19.4 Å². The van der Waals surface area contributed by atoms with Crippen molar-refractivity contribution in [2.75, 3.05) is 32.8 Å². The number of carbonyl (C=O) groups is 2. The first-order chi connectivity index (χ1) is 8.11. The van der Waals surface area contributed by atoms with Gasteiger partial charge in [-0.25, -0.2) is 4.79 Å². The summed E-state index contributed by atoms with van der Waals surface area (Å²) in [5, 5.41) is 9.02.